The van der Waals surface area contributed by atoms with Crippen LogP contribution in [0.5, 0.6) is 0 Å². The van der Waals surface area contributed by atoms with E-state index in [1.54, 1.807) is 4.90 Å². The van der Waals surface area contributed by atoms with Gasteiger partial charge < -0.3 is 4.90 Å². The molecule has 66 valence electrons. The smallest absolute Gasteiger partial charge is 0.298 e. The molecule has 0 bridgehead atoms. The van der Waals surface area contributed by atoms with E-state index in [9.17, 15) is 4.79 Å². The molecule has 0 aromatic carbocycles. The van der Waals surface area contributed by atoms with Gasteiger partial charge in [0.2, 0.25) is 0 Å². The highest BCUT2D eigenvalue weighted by Crippen LogP contribution is 2.24. The normalized spacial score (nSPS) is 29.6. The van der Waals surface area contributed by atoms with Crippen LogP contribution in [-0.4, -0.2) is 34.4 Å². The molecule has 2 unspecified atom stereocenters. The molecule has 1 rings (SSSR count). The van der Waals surface area contributed by atoms with Crippen molar-refractivity contribution in [1.29, 1.82) is 0 Å². The van der Waals surface area contributed by atoms with E-state index in [0.717, 1.165) is 13.1 Å². The van der Waals surface area contributed by atoms with Crippen molar-refractivity contribution < 1.29 is 4.79 Å². The van der Waals surface area contributed by atoms with E-state index >= 15 is 0 Å². The summed E-state index contributed by atoms with van der Waals surface area (Å²) in [4.78, 5) is 12.9. The first-order valence-corrected chi connectivity index (χ1v) is 4.98. The summed E-state index contributed by atoms with van der Waals surface area (Å²) in [7, 11) is 0. The molecule has 0 aromatic heterocycles. The molecule has 2 atom stereocenters. The summed E-state index contributed by atoms with van der Waals surface area (Å²) >= 11 is 1.91. The number of carbonyl (C=O) groups excluding carboxylic acids is 1. The lowest BCUT2D eigenvalue weighted by Gasteiger charge is -2.33. The molecule has 1 heterocycles. The second-order valence-electron chi connectivity index (χ2n) is 3.11. The van der Waals surface area contributed by atoms with E-state index in [4.69, 9.17) is 6.42 Å². The molecular formula is C9H13NOS. The third kappa shape index (κ3) is 2.18. The predicted octanol–water partition coefficient (Wildman–Crippen LogP) is 0.972. The van der Waals surface area contributed by atoms with Crippen LogP contribution in [0.2, 0.25) is 0 Å². The summed E-state index contributed by atoms with van der Waals surface area (Å²) in [5.41, 5.74) is 0. The van der Waals surface area contributed by atoms with Gasteiger partial charge >= 0.3 is 0 Å². The number of hydrogen-bond donors (Lipinski definition) is 0. The lowest BCUT2D eigenvalue weighted by atomic mass is 10.3. The van der Waals surface area contributed by atoms with Crippen molar-refractivity contribution in [3.05, 3.63) is 0 Å². The van der Waals surface area contributed by atoms with Crippen LogP contribution in [0.15, 0.2) is 0 Å². The van der Waals surface area contributed by atoms with Gasteiger partial charge in [0.05, 0.1) is 0 Å². The Kier molecular flexibility index (Phi) is 3.05. The molecule has 0 saturated carbocycles. The van der Waals surface area contributed by atoms with E-state index in [2.05, 4.69) is 19.8 Å². The summed E-state index contributed by atoms with van der Waals surface area (Å²) in [6, 6.07) is 0. The van der Waals surface area contributed by atoms with Gasteiger partial charge in [0, 0.05) is 23.6 Å². The maximum Gasteiger partial charge on any atom is 0.298 e. The first-order valence-electron chi connectivity index (χ1n) is 4.04. The first-order chi connectivity index (χ1) is 5.63. The summed E-state index contributed by atoms with van der Waals surface area (Å²) in [5.74, 6) is 1.98. The number of amides is 1. The largest absolute Gasteiger partial charge is 0.330 e. The average molecular weight is 183 g/mol. The van der Waals surface area contributed by atoms with Crippen LogP contribution in [-0.2, 0) is 4.79 Å². The van der Waals surface area contributed by atoms with Crippen LogP contribution in [0.3, 0.4) is 0 Å². The van der Waals surface area contributed by atoms with E-state index in [-0.39, 0.29) is 5.91 Å². The Balaban J connectivity index is 2.56. The summed E-state index contributed by atoms with van der Waals surface area (Å²) < 4.78 is 0. The van der Waals surface area contributed by atoms with E-state index < -0.39 is 0 Å². The zero-order valence-electron chi connectivity index (χ0n) is 7.41. The Labute approximate surface area is 77.7 Å². The van der Waals surface area contributed by atoms with Gasteiger partial charge in [-0.1, -0.05) is 13.8 Å². The Morgan fingerprint density at radius 2 is 2.00 bits per heavy atom. The molecule has 0 spiro atoms. The fourth-order valence-electron chi connectivity index (χ4n) is 1.44. The van der Waals surface area contributed by atoms with E-state index in [1.165, 1.54) is 0 Å². The van der Waals surface area contributed by atoms with Crippen LogP contribution < -0.4 is 0 Å². The van der Waals surface area contributed by atoms with Crippen LogP contribution in [0.1, 0.15) is 13.8 Å². The van der Waals surface area contributed by atoms with E-state index in [1.807, 2.05) is 11.8 Å². The molecule has 1 saturated heterocycles. The molecule has 3 heteroatoms. The van der Waals surface area contributed by atoms with Crippen molar-refractivity contribution in [3.63, 3.8) is 0 Å². The minimum atomic E-state index is -0.172. The Morgan fingerprint density at radius 3 is 2.42 bits per heavy atom. The molecule has 0 aromatic rings. The second kappa shape index (κ2) is 3.86. The van der Waals surface area contributed by atoms with Gasteiger partial charge in [-0.15, -0.1) is 6.42 Å². The number of nitrogens with zero attached hydrogens (tertiary/aromatic N) is 1. The molecule has 0 N–H and O–H groups in total. The van der Waals surface area contributed by atoms with Crippen molar-refractivity contribution >= 4 is 17.7 Å². The number of hydrogen-bond acceptors (Lipinski definition) is 2. The van der Waals surface area contributed by atoms with Gasteiger partial charge in [-0.05, 0) is 5.92 Å². The van der Waals surface area contributed by atoms with Gasteiger partial charge in [-0.25, -0.2) is 0 Å². The van der Waals surface area contributed by atoms with E-state index in [0.29, 0.717) is 10.5 Å². The highest BCUT2D eigenvalue weighted by Gasteiger charge is 2.24. The maximum atomic E-state index is 11.1. The molecule has 0 aliphatic carbocycles. The Hall–Kier alpha value is -0.620. The van der Waals surface area contributed by atoms with Crippen LogP contribution in [0.25, 0.3) is 0 Å². The molecule has 1 amide bonds. The molecule has 0 radical (unpaired) electrons. The molecule has 12 heavy (non-hydrogen) atoms. The zero-order chi connectivity index (χ0) is 9.14. The Morgan fingerprint density at radius 1 is 1.50 bits per heavy atom. The molecule has 1 fully saturated rings. The van der Waals surface area contributed by atoms with Crippen molar-refractivity contribution in [1.82, 2.24) is 4.90 Å². The minimum absolute atomic E-state index is 0.172. The quantitative estimate of drug-likeness (QED) is 0.522. The van der Waals surface area contributed by atoms with Gasteiger partial charge in [0.15, 0.2) is 0 Å². The number of carbonyl (C=O) groups is 1. The number of terminal acetylenes is 1. The lowest BCUT2D eigenvalue weighted by Crippen LogP contribution is -2.43. The highest BCUT2D eigenvalue weighted by molar-refractivity contribution is 8.00. The molecular weight excluding hydrogens is 170 g/mol. The topological polar surface area (TPSA) is 20.3 Å². The third-order valence-corrected chi connectivity index (χ3v) is 3.06. The lowest BCUT2D eigenvalue weighted by molar-refractivity contribution is -0.125. The monoisotopic (exact) mass is 183 g/mol. The maximum absolute atomic E-state index is 11.1. The summed E-state index contributed by atoms with van der Waals surface area (Å²) in [5, 5.41) is 1.01. The fourth-order valence-corrected chi connectivity index (χ4v) is 2.76. The number of rotatable bonds is 0. The average Bonchev–Trinajstić information content (AvgIpc) is 2.01. The van der Waals surface area contributed by atoms with Crippen molar-refractivity contribution in [2.75, 3.05) is 13.1 Å². The van der Waals surface area contributed by atoms with Crippen molar-refractivity contribution in [3.8, 4) is 12.3 Å². The van der Waals surface area contributed by atoms with Crippen molar-refractivity contribution in [2.45, 2.75) is 24.3 Å². The van der Waals surface area contributed by atoms with Crippen LogP contribution in [0.4, 0.5) is 0 Å². The fraction of sp³-hybridized carbons (Fsp3) is 0.667. The second-order valence-corrected chi connectivity index (χ2v) is 4.99. The minimum Gasteiger partial charge on any atom is -0.330 e. The SMILES string of the molecule is C#CC(=O)N1CC(C)SC(C)C1. The highest BCUT2D eigenvalue weighted by atomic mass is 32.2. The first kappa shape index (κ1) is 9.47. The Bertz CT molecular complexity index is 211. The number of thioether (sulfide) groups is 1. The van der Waals surface area contributed by atoms with Crippen molar-refractivity contribution in [2.24, 2.45) is 0 Å². The molecule has 1 aliphatic heterocycles. The van der Waals surface area contributed by atoms with Crippen LogP contribution in [0, 0.1) is 12.3 Å². The molecule has 1 aliphatic rings. The van der Waals surface area contributed by atoms with Crippen LogP contribution >= 0.6 is 11.8 Å². The van der Waals surface area contributed by atoms with Gasteiger partial charge in [-0.3, -0.25) is 4.79 Å². The predicted molar refractivity (Wildman–Crippen MR) is 51.9 cm³/mol. The summed E-state index contributed by atoms with van der Waals surface area (Å²) in [6.45, 7) is 5.82. The zero-order valence-corrected chi connectivity index (χ0v) is 8.23. The molecule has 2 nitrogen and oxygen atoms in total. The van der Waals surface area contributed by atoms with Gasteiger partial charge in [-0.2, -0.15) is 11.8 Å². The standard InChI is InChI=1S/C9H13NOS/c1-4-9(11)10-5-7(2)12-8(3)6-10/h1,7-8H,5-6H2,2-3H3. The summed E-state index contributed by atoms with van der Waals surface area (Å²) in [6.07, 6.45) is 5.05. The van der Waals surface area contributed by atoms with Gasteiger partial charge in [0.1, 0.15) is 0 Å². The third-order valence-electron chi connectivity index (χ3n) is 1.83. The van der Waals surface area contributed by atoms with Gasteiger partial charge in [0.25, 0.3) is 5.91 Å².